The second-order valence-electron chi connectivity index (χ2n) is 4.12. The van der Waals surface area contributed by atoms with Gasteiger partial charge in [-0.3, -0.25) is 9.69 Å². The molecule has 1 aliphatic rings. The second kappa shape index (κ2) is 4.75. The summed E-state index contributed by atoms with van der Waals surface area (Å²) in [6, 6.07) is 0. The van der Waals surface area contributed by atoms with E-state index in [0.717, 1.165) is 13.1 Å². The third kappa shape index (κ3) is 3.64. The van der Waals surface area contributed by atoms with Crippen molar-refractivity contribution in [2.24, 2.45) is 0 Å². The number of morpholine rings is 1. The first-order chi connectivity index (χ1) is 6.53. The highest BCUT2D eigenvalue weighted by atomic mass is 16.5. The molecule has 4 heteroatoms. The van der Waals surface area contributed by atoms with Gasteiger partial charge in [-0.1, -0.05) is 0 Å². The van der Waals surface area contributed by atoms with E-state index in [4.69, 9.17) is 9.47 Å². The van der Waals surface area contributed by atoms with Crippen molar-refractivity contribution in [1.29, 1.82) is 0 Å². The van der Waals surface area contributed by atoms with E-state index in [9.17, 15) is 4.79 Å². The number of hydrogen-bond donors (Lipinski definition) is 0. The second-order valence-corrected chi connectivity index (χ2v) is 4.12. The van der Waals surface area contributed by atoms with Crippen molar-refractivity contribution in [3.05, 3.63) is 0 Å². The fraction of sp³-hybridized carbons (Fsp3) is 0.900. The molecule has 1 saturated heterocycles. The summed E-state index contributed by atoms with van der Waals surface area (Å²) < 4.78 is 10.4. The molecule has 0 amide bonds. The third-order valence-electron chi connectivity index (χ3n) is 2.16. The zero-order chi connectivity index (χ0) is 10.6. The van der Waals surface area contributed by atoms with Crippen LogP contribution in [0.15, 0.2) is 0 Å². The lowest BCUT2D eigenvalue weighted by molar-refractivity contribution is -0.148. The van der Waals surface area contributed by atoms with Crippen LogP contribution in [-0.2, 0) is 14.3 Å². The van der Waals surface area contributed by atoms with Crippen molar-refractivity contribution < 1.29 is 14.3 Å². The molecule has 0 aromatic rings. The molecule has 0 aromatic carbocycles. The summed E-state index contributed by atoms with van der Waals surface area (Å²) in [7, 11) is 0. The number of carbonyl (C=O) groups excluding carboxylic acids is 1. The van der Waals surface area contributed by atoms with Crippen LogP contribution in [0.5, 0.6) is 0 Å². The fourth-order valence-corrected chi connectivity index (χ4v) is 1.64. The molecule has 0 aromatic heterocycles. The summed E-state index contributed by atoms with van der Waals surface area (Å²) >= 11 is 0. The monoisotopic (exact) mass is 201 g/mol. The van der Waals surface area contributed by atoms with Crippen LogP contribution in [0.25, 0.3) is 0 Å². The van der Waals surface area contributed by atoms with Gasteiger partial charge in [0.05, 0.1) is 25.4 Å². The van der Waals surface area contributed by atoms with Crippen molar-refractivity contribution in [3.8, 4) is 0 Å². The topological polar surface area (TPSA) is 38.8 Å². The quantitative estimate of drug-likeness (QED) is 0.629. The Bertz CT molecular complexity index is 204. The highest BCUT2D eigenvalue weighted by molar-refractivity contribution is 5.71. The SMILES string of the molecule is CCOC(=O)CN1CCOC(C)(C)C1. The predicted octanol–water partition coefficient (Wildman–Crippen LogP) is 0.660. The molecule has 0 spiro atoms. The summed E-state index contributed by atoms with van der Waals surface area (Å²) in [5.41, 5.74) is -0.148. The van der Waals surface area contributed by atoms with E-state index >= 15 is 0 Å². The molecule has 0 bridgehead atoms. The normalized spacial score (nSPS) is 21.9. The third-order valence-corrected chi connectivity index (χ3v) is 2.16. The molecule has 82 valence electrons. The smallest absolute Gasteiger partial charge is 0.320 e. The first-order valence-electron chi connectivity index (χ1n) is 5.05. The number of esters is 1. The van der Waals surface area contributed by atoms with Crippen LogP contribution in [0, 0.1) is 0 Å². The van der Waals surface area contributed by atoms with Gasteiger partial charge in [-0.15, -0.1) is 0 Å². The molecule has 0 aliphatic carbocycles. The maximum atomic E-state index is 11.2. The summed E-state index contributed by atoms with van der Waals surface area (Å²) in [6.45, 7) is 8.99. The summed E-state index contributed by atoms with van der Waals surface area (Å²) in [6.07, 6.45) is 0. The van der Waals surface area contributed by atoms with Gasteiger partial charge in [0.2, 0.25) is 0 Å². The Morgan fingerprint density at radius 2 is 2.29 bits per heavy atom. The fourth-order valence-electron chi connectivity index (χ4n) is 1.64. The van der Waals surface area contributed by atoms with Crippen molar-refractivity contribution in [2.45, 2.75) is 26.4 Å². The summed E-state index contributed by atoms with van der Waals surface area (Å²) in [5, 5.41) is 0. The molecule has 0 atom stereocenters. The molecule has 0 saturated carbocycles. The minimum atomic E-state index is -0.148. The molecule has 1 rings (SSSR count). The number of carbonyl (C=O) groups is 1. The molecule has 0 radical (unpaired) electrons. The standard InChI is InChI=1S/C10H19NO3/c1-4-13-9(12)7-11-5-6-14-10(2,3)8-11/h4-8H2,1-3H3. The molecule has 1 fully saturated rings. The lowest BCUT2D eigenvalue weighted by Gasteiger charge is -2.37. The number of nitrogens with zero attached hydrogens (tertiary/aromatic N) is 1. The van der Waals surface area contributed by atoms with E-state index in [1.54, 1.807) is 0 Å². The Labute approximate surface area is 85.2 Å². The zero-order valence-electron chi connectivity index (χ0n) is 9.21. The van der Waals surface area contributed by atoms with Crippen molar-refractivity contribution >= 4 is 5.97 Å². The average molecular weight is 201 g/mol. The van der Waals surface area contributed by atoms with E-state index in [0.29, 0.717) is 19.8 Å². The van der Waals surface area contributed by atoms with E-state index in [1.165, 1.54) is 0 Å². The van der Waals surface area contributed by atoms with Crippen LogP contribution in [0.2, 0.25) is 0 Å². The van der Waals surface area contributed by atoms with Gasteiger partial charge in [0.25, 0.3) is 0 Å². The Morgan fingerprint density at radius 1 is 1.57 bits per heavy atom. The van der Waals surface area contributed by atoms with Gasteiger partial charge in [-0.2, -0.15) is 0 Å². The molecule has 1 heterocycles. The highest BCUT2D eigenvalue weighted by Crippen LogP contribution is 2.15. The lowest BCUT2D eigenvalue weighted by atomic mass is 10.1. The average Bonchev–Trinajstić information content (AvgIpc) is 2.02. The highest BCUT2D eigenvalue weighted by Gasteiger charge is 2.28. The molecular weight excluding hydrogens is 182 g/mol. The van der Waals surface area contributed by atoms with Crippen LogP contribution in [0.3, 0.4) is 0 Å². The first kappa shape index (κ1) is 11.5. The largest absolute Gasteiger partial charge is 0.465 e. The Balaban J connectivity index is 2.34. The number of ether oxygens (including phenoxy) is 2. The van der Waals surface area contributed by atoms with E-state index < -0.39 is 0 Å². The van der Waals surface area contributed by atoms with Gasteiger partial charge >= 0.3 is 5.97 Å². The number of hydrogen-bond acceptors (Lipinski definition) is 4. The van der Waals surface area contributed by atoms with E-state index in [-0.39, 0.29) is 11.6 Å². The summed E-state index contributed by atoms with van der Waals surface area (Å²) in [4.78, 5) is 13.3. The minimum Gasteiger partial charge on any atom is -0.465 e. The zero-order valence-corrected chi connectivity index (χ0v) is 9.21. The predicted molar refractivity (Wildman–Crippen MR) is 53.1 cm³/mol. The lowest BCUT2D eigenvalue weighted by Crippen LogP contribution is -2.49. The molecule has 1 aliphatic heterocycles. The van der Waals surface area contributed by atoms with Gasteiger partial charge in [-0.05, 0) is 20.8 Å². The Kier molecular flexibility index (Phi) is 3.89. The van der Waals surface area contributed by atoms with Crippen LogP contribution < -0.4 is 0 Å². The molecule has 0 N–H and O–H groups in total. The Morgan fingerprint density at radius 3 is 2.86 bits per heavy atom. The maximum Gasteiger partial charge on any atom is 0.320 e. The van der Waals surface area contributed by atoms with Crippen molar-refractivity contribution in [2.75, 3.05) is 32.8 Å². The molecule has 14 heavy (non-hydrogen) atoms. The Hall–Kier alpha value is -0.610. The van der Waals surface area contributed by atoms with Crippen LogP contribution in [0.4, 0.5) is 0 Å². The van der Waals surface area contributed by atoms with Crippen LogP contribution >= 0.6 is 0 Å². The van der Waals surface area contributed by atoms with E-state index in [2.05, 4.69) is 4.90 Å². The first-order valence-corrected chi connectivity index (χ1v) is 5.05. The molecule has 0 unspecified atom stereocenters. The number of rotatable bonds is 3. The van der Waals surface area contributed by atoms with Gasteiger partial charge in [-0.25, -0.2) is 0 Å². The van der Waals surface area contributed by atoms with Gasteiger partial charge in [0, 0.05) is 13.1 Å². The molecular formula is C10H19NO3. The minimum absolute atomic E-state index is 0.148. The van der Waals surface area contributed by atoms with Gasteiger partial charge < -0.3 is 9.47 Å². The van der Waals surface area contributed by atoms with Crippen LogP contribution in [-0.4, -0.2) is 49.3 Å². The maximum absolute atomic E-state index is 11.2. The van der Waals surface area contributed by atoms with Crippen molar-refractivity contribution in [3.63, 3.8) is 0 Å². The van der Waals surface area contributed by atoms with Crippen LogP contribution in [0.1, 0.15) is 20.8 Å². The van der Waals surface area contributed by atoms with Gasteiger partial charge in [0.1, 0.15) is 0 Å². The van der Waals surface area contributed by atoms with E-state index in [1.807, 2.05) is 20.8 Å². The molecule has 4 nitrogen and oxygen atoms in total. The van der Waals surface area contributed by atoms with Crippen molar-refractivity contribution in [1.82, 2.24) is 4.90 Å². The summed E-state index contributed by atoms with van der Waals surface area (Å²) in [5.74, 6) is -0.148. The van der Waals surface area contributed by atoms with Gasteiger partial charge in [0.15, 0.2) is 0 Å².